The van der Waals surface area contributed by atoms with Crippen LogP contribution in [0.2, 0.25) is 0 Å². The van der Waals surface area contributed by atoms with E-state index < -0.39 is 35.0 Å². The third-order valence-corrected chi connectivity index (χ3v) is 6.42. The number of likely N-dealkylation sites (N-methyl/N-ethyl adjacent to an activating group) is 1. The largest absolute Gasteiger partial charge is 0.386 e. The number of hydrogen-bond donors (Lipinski definition) is 4. The van der Waals surface area contributed by atoms with E-state index in [0.717, 1.165) is 26.7 Å². The summed E-state index contributed by atoms with van der Waals surface area (Å²) in [4.78, 5) is 15.1. The summed E-state index contributed by atoms with van der Waals surface area (Å²) in [6, 6.07) is 0. The van der Waals surface area contributed by atoms with Crippen molar-refractivity contribution in [3.8, 4) is 0 Å². The van der Waals surface area contributed by atoms with Gasteiger partial charge in [0.25, 0.3) is 0 Å². The maximum Gasteiger partial charge on any atom is 0.337 e. The average molecular weight is 443 g/mol. The third kappa shape index (κ3) is 3.99. The van der Waals surface area contributed by atoms with Gasteiger partial charge in [0.2, 0.25) is 0 Å². The number of fused-ring (bicyclic) bond motifs is 1. The lowest BCUT2D eigenvalue weighted by molar-refractivity contribution is -0.0723. The number of hydrogen-bond acceptors (Lipinski definition) is 10. The third-order valence-electron chi connectivity index (χ3n) is 5.49. The molecule has 0 amide bonds. The van der Waals surface area contributed by atoms with Crippen LogP contribution >= 0.6 is 0 Å². The Balaban J connectivity index is 1.53. The first-order chi connectivity index (χ1) is 14.3. The number of anilines is 1. The highest BCUT2D eigenvalue weighted by Crippen LogP contribution is 2.33. The zero-order valence-corrected chi connectivity index (χ0v) is 17.2. The molecule has 166 valence electrons. The minimum Gasteiger partial charge on any atom is -0.386 e. The first-order valence-corrected chi connectivity index (χ1v) is 11.0. The van der Waals surface area contributed by atoms with E-state index in [-0.39, 0.29) is 0 Å². The van der Waals surface area contributed by atoms with Crippen molar-refractivity contribution in [2.75, 3.05) is 38.5 Å². The van der Waals surface area contributed by atoms with Gasteiger partial charge in [-0.1, -0.05) is 0 Å². The van der Waals surface area contributed by atoms with Crippen molar-refractivity contribution in [2.24, 2.45) is 0 Å². The topological polar surface area (TPSA) is 166 Å². The minimum absolute atomic E-state index is 0.347. The predicted octanol–water partition coefficient (Wildman–Crippen LogP) is -1.35. The molecule has 0 bridgehead atoms. The molecule has 0 radical (unpaired) electrons. The highest BCUT2D eigenvalue weighted by Gasteiger charge is 2.48. The zero-order valence-electron chi connectivity index (χ0n) is 16.4. The molecule has 0 aromatic carbocycles. The molecule has 0 aliphatic carbocycles. The van der Waals surface area contributed by atoms with Crippen LogP contribution in [0.15, 0.2) is 12.7 Å². The Labute approximate surface area is 173 Å². The molecule has 2 saturated heterocycles. The van der Waals surface area contributed by atoms with Crippen molar-refractivity contribution in [1.82, 2.24) is 28.7 Å². The zero-order chi connectivity index (χ0) is 21.5. The number of aliphatic hydroxyl groups is 2. The standard InChI is InChI=1S/C16H25N7O6S/c1-21(30(26,27)28)15-11(24)12(25)16(29-15)23-9-20-10-13(18-8-19-14(10)23)17-4-7-22-5-2-3-6-22/h8-9,11-12,15-16,24-25H,2-7H2,1H3,(H,17,18,19)(H,26,27,28)/t11-,12+,15+,16+/m0/s1. The van der Waals surface area contributed by atoms with Crippen LogP contribution in [0.1, 0.15) is 19.1 Å². The average Bonchev–Trinajstić information content (AvgIpc) is 3.42. The van der Waals surface area contributed by atoms with Crippen LogP contribution in [0.4, 0.5) is 5.82 Å². The number of likely N-dealkylation sites (tertiary alicyclic amines) is 1. The Hall–Kier alpha value is -1.94. The normalized spacial score (nSPS) is 28.0. The molecule has 13 nitrogen and oxygen atoms in total. The summed E-state index contributed by atoms with van der Waals surface area (Å²) in [6.45, 7) is 3.75. The highest BCUT2D eigenvalue weighted by molar-refractivity contribution is 7.83. The van der Waals surface area contributed by atoms with Crippen molar-refractivity contribution in [2.45, 2.75) is 37.5 Å². The first-order valence-electron chi connectivity index (χ1n) is 9.63. The monoisotopic (exact) mass is 443 g/mol. The summed E-state index contributed by atoms with van der Waals surface area (Å²) in [5, 5.41) is 23.9. The van der Waals surface area contributed by atoms with Gasteiger partial charge in [-0.15, -0.1) is 0 Å². The summed E-state index contributed by atoms with van der Waals surface area (Å²) >= 11 is 0. The van der Waals surface area contributed by atoms with Crippen molar-refractivity contribution < 1.29 is 27.9 Å². The van der Waals surface area contributed by atoms with E-state index in [2.05, 4.69) is 25.2 Å². The van der Waals surface area contributed by atoms with E-state index in [0.29, 0.717) is 27.8 Å². The second-order valence-electron chi connectivity index (χ2n) is 7.41. The molecule has 2 aromatic rings. The van der Waals surface area contributed by atoms with Crippen LogP contribution in [-0.2, 0) is 15.0 Å². The fourth-order valence-electron chi connectivity index (χ4n) is 3.81. The Morgan fingerprint density at radius 3 is 2.67 bits per heavy atom. The maximum atomic E-state index is 11.4. The maximum absolute atomic E-state index is 11.4. The molecule has 2 fully saturated rings. The van der Waals surface area contributed by atoms with Crippen LogP contribution in [0.25, 0.3) is 11.2 Å². The molecule has 4 atom stereocenters. The Kier molecular flexibility index (Phi) is 5.89. The molecule has 2 aliphatic heterocycles. The number of ether oxygens (including phenoxy) is 1. The van der Waals surface area contributed by atoms with E-state index >= 15 is 0 Å². The Morgan fingerprint density at radius 1 is 1.23 bits per heavy atom. The van der Waals surface area contributed by atoms with Gasteiger partial charge in [-0.25, -0.2) is 15.0 Å². The van der Waals surface area contributed by atoms with Gasteiger partial charge in [0.1, 0.15) is 18.5 Å². The van der Waals surface area contributed by atoms with Gasteiger partial charge in [0.15, 0.2) is 29.4 Å². The molecule has 4 heterocycles. The number of imidazole rings is 1. The molecule has 0 saturated carbocycles. The summed E-state index contributed by atoms with van der Waals surface area (Å²) in [6.07, 6.45) is -0.544. The van der Waals surface area contributed by atoms with E-state index in [1.54, 1.807) is 0 Å². The van der Waals surface area contributed by atoms with Crippen LogP contribution in [-0.4, -0.2) is 104 Å². The van der Waals surface area contributed by atoms with Crippen molar-refractivity contribution >= 4 is 27.3 Å². The summed E-state index contributed by atoms with van der Waals surface area (Å²) < 4.78 is 39.3. The molecule has 14 heteroatoms. The van der Waals surface area contributed by atoms with Gasteiger partial charge in [-0.2, -0.15) is 12.7 Å². The van der Waals surface area contributed by atoms with Crippen molar-refractivity contribution in [3.05, 3.63) is 12.7 Å². The Bertz CT molecular complexity index is 995. The smallest absolute Gasteiger partial charge is 0.337 e. The van der Waals surface area contributed by atoms with Crippen LogP contribution in [0, 0.1) is 0 Å². The lowest BCUT2D eigenvalue weighted by atomic mass is 10.2. The number of nitrogens with zero attached hydrogens (tertiary/aromatic N) is 6. The van der Waals surface area contributed by atoms with Gasteiger partial charge in [0, 0.05) is 20.1 Å². The molecular formula is C16H25N7O6S. The van der Waals surface area contributed by atoms with E-state index in [4.69, 9.17) is 4.74 Å². The number of nitrogens with one attached hydrogen (secondary N) is 1. The lowest BCUT2D eigenvalue weighted by Gasteiger charge is -2.22. The molecular weight excluding hydrogens is 418 g/mol. The second-order valence-corrected chi connectivity index (χ2v) is 8.89. The van der Waals surface area contributed by atoms with Gasteiger partial charge in [-0.05, 0) is 25.9 Å². The highest BCUT2D eigenvalue weighted by atomic mass is 32.2. The molecule has 0 spiro atoms. The van der Waals surface area contributed by atoms with E-state index in [9.17, 15) is 23.2 Å². The quantitative estimate of drug-likeness (QED) is 0.373. The lowest BCUT2D eigenvalue weighted by Crippen LogP contribution is -2.44. The van der Waals surface area contributed by atoms with Crippen molar-refractivity contribution in [1.29, 1.82) is 0 Å². The molecule has 4 rings (SSSR count). The number of rotatable bonds is 7. The van der Waals surface area contributed by atoms with Crippen LogP contribution < -0.4 is 5.32 Å². The van der Waals surface area contributed by atoms with E-state index in [1.807, 2.05) is 0 Å². The van der Waals surface area contributed by atoms with Gasteiger partial charge >= 0.3 is 10.3 Å². The van der Waals surface area contributed by atoms with E-state index in [1.165, 1.54) is 30.1 Å². The molecule has 2 aromatic heterocycles. The fourth-order valence-corrected chi connectivity index (χ4v) is 4.25. The number of aliphatic hydroxyl groups excluding tert-OH is 2. The van der Waals surface area contributed by atoms with Crippen LogP contribution in [0.5, 0.6) is 0 Å². The SMILES string of the molecule is CN([C@@H]1O[C@@H](n2cnc3c(NCCN4CCCC4)ncnc32)[C@H](O)[C@@H]1O)S(=O)(=O)O. The number of aromatic nitrogens is 4. The van der Waals surface area contributed by atoms with Gasteiger partial charge in [-0.3, -0.25) is 9.12 Å². The van der Waals surface area contributed by atoms with Gasteiger partial charge in [0.05, 0.1) is 6.33 Å². The Morgan fingerprint density at radius 2 is 1.97 bits per heavy atom. The molecule has 0 unspecified atom stereocenters. The first kappa shape index (κ1) is 21.3. The predicted molar refractivity (Wildman–Crippen MR) is 105 cm³/mol. The molecule has 4 N–H and O–H groups in total. The molecule has 30 heavy (non-hydrogen) atoms. The van der Waals surface area contributed by atoms with Gasteiger partial charge < -0.3 is 25.2 Å². The summed E-state index contributed by atoms with van der Waals surface area (Å²) in [5.41, 5.74) is 0.802. The fraction of sp³-hybridized carbons (Fsp3) is 0.688. The van der Waals surface area contributed by atoms with Crippen molar-refractivity contribution in [3.63, 3.8) is 0 Å². The summed E-state index contributed by atoms with van der Waals surface area (Å²) in [5.74, 6) is 0.526. The summed E-state index contributed by atoms with van der Waals surface area (Å²) in [7, 11) is -3.59. The second kappa shape index (κ2) is 8.30. The minimum atomic E-state index is -4.63. The van der Waals surface area contributed by atoms with Crippen LogP contribution in [0.3, 0.4) is 0 Å². The molecule has 2 aliphatic rings.